The summed E-state index contributed by atoms with van der Waals surface area (Å²) in [7, 11) is 1.94. The predicted octanol–water partition coefficient (Wildman–Crippen LogP) is 3.57. The zero-order chi connectivity index (χ0) is 13.9. The topological polar surface area (TPSA) is 30.5 Å². The van der Waals surface area contributed by atoms with Crippen LogP contribution < -0.4 is 14.8 Å². The molecule has 4 heteroatoms. The standard InChI is InChI=1S/C16H16ClNO2/c1-18-15-10-20-16-8-13(6-7-14(15)16)19-9-11-2-4-12(17)5-3-11/h2-8,15,18H,9-10H2,1H3. The summed E-state index contributed by atoms with van der Waals surface area (Å²) in [5, 5.41) is 3.96. The fraction of sp³-hybridized carbons (Fsp3) is 0.250. The molecular weight excluding hydrogens is 274 g/mol. The van der Waals surface area contributed by atoms with Gasteiger partial charge in [-0.2, -0.15) is 0 Å². The first-order chi connectivity index (χ1) is 9.76. The number of halogens is 1. The summed E-state index contributed by atoms with van der Waals surface area (Å²) in [6.45, 7) is 1.19. The molecule has 2 aromatic rings. The normalized spacial score (nSPS) is 16.6. The van der Waals surface area contributed by atoms with Crippen LogP contribution in [0.2, 0.25) is 5.02 Å². The Balaban J connectivity index is 1.68. The molecule has 0 saturated heterocycles. The average molecular weight is 290 g/mol. The molecule has 2 aromatic carbocycles. The van der Waals surface area contributed by atoms with Crippen LogP contribution in [-0.2, 0) is 6.61 Å². The van der Waals surface area contributed by atoms with Crippen molar-refractivity contribution in [1.29, 1.82) is 0 Å². The third kappa shape index (κ3) is 2.74. The first-order valence-corrected chi connectivity index (χ1v) is 6.95. The number of hydrogen-bond acceptors (Lipinski definition) is 3. The highest BCUT2D eigenvalue weighted by Crippen LogP contribution is 2.35. The molecular formula is C16H16ClNO2. The SMILES string of the molecule is CNC1COc2cc(OCc3ccc(Cl)cc3)ccc21. The molecule has 0 aliphatic carbocycles. The van der Waals surface area contributed by atoms with Crippen LogP contribution in [0.3, 0.4) is 0 Å². The Morgan fingerprint density at radius 1 is 1.25 bits per heavy atom. The summed E-state index contributed by atoms with van der Waals surface area (Å²) >= 11 is 5.86. The quantitative estimate of drug-likeness (QED) is 0.933. The Morgan fingerprint density at radius 3 is 2.80 bits per heavy atom. The number of rotatable bonds is 4. The van der Waals surface area contributed by atoms with Crippen LogP contribution in [0.15, 0.2) is 42.5 Å². The van der Waals surface area contributed by atoms with Crippen molar-refractivity contribution in [3.8, 4) is 11.5 Å². The lowest BCUT2D eigenvalue weighted by atomic mass is 10.1. The van der Waals surface area contributed by atoms with Gasteiger partial charge in [0.1, 0.15) is 24.7 Å². The third-order valence-electron chi connectivity index (χ3n) is 3.43. The van der Waals surface area contributed by atoms with Gasteiger partial charge in [-0.05, 0) is 36.9 Å². The Kier molecular flexibility index (Phi) is 3.81. The van der Waals surface area contributed by atoms with Gasteiger partial charge in [-0.25, -0.2) is 0 Å². The van der Waals surface area contributed by atoms with E-state index in [1.54, 1.807) is 0 Å². The molecule has 1 atom stereocenters. The molecule has 0 saturated carbocycles. The van der Waals surface area contributed by atoms with Crippen LogP contribution in [0, 0.1) is 0 Å². The van der Waals surface area contributed by atoms with Crippen LogP contribution in [0.4, 0.5) is 0 Å². The van der Waals surface area contributed by atoms with Gasteiger partial charge in [0.15, 0.2) is 0 Å². The number of hydrogen-bond donors (Lipinski definition) is 1. The van der Waals surface area contributed by atoms with E-state index in [1.165, 1.54) is 5.56 Å². The molecule has 0 aromatic heterocycles. The number of ether oxygens (including phenoxy) is 2. The lowest BCUT2D eigenvalue weighted by Crippen LogP contribution is -2.17. The summed E-state index contributed by atoms with van der Waals surface area (Å²) in [5.41, 5.74) is 2.27. The minimum Gasteiger partial charge on any atom is -0.491 e. The highest BCUT2D eigenvalue weighted by Gasteiger charge is 2.22. The molecule has 20 heavy (non-hydrogen) atoms. The van der Waals surface area contributed by atoms with Gasteiger partial charge in [0.05, 0.1) is 6.04 Å². The Morgan fingerprint density at radius 2 is 2.05 bits per heavy atom. The molecule has 1 unspecified atom stereocenters. The smallest absolute Gasteiger partial charge is 0.127 e. The molecule has 3 nitrogen and oxygen atoms in total. The number of fused-ring (bicyclic) bond motifs is 1. The van der Waals surface area contributed by atoms with E-state index < -0.39 is 0 Å². The highest BCUT2D eigenvalue weighted by atomic mass is 35.5. The second kappa shape index (κ2) is 5.73. The van der Waals surface area contributed by atoms with Crippen LogP contribution in [0.25, 0.3) is 0 Å². The van der Waals surface area contributed by atoms with Crippen molar-refractivity contribution in [2.24, 2.45) is 0 Å². The maximum Gasteiger partial charge on any atom is 0.127 e. The Labute approximate surface area is 123 Å². The molecule has 1 heterocycles. The molecule has 1 N–H and O–H groups in total. The van der Waals surface area contributed by atoms with Crippen molar-refractivity contribution in [3.05, 3.63) is 58.6 Å². The number of likely N-dealkylation sites (N-methyl/N-ethyl adjacent to an activating group) is 1. The maximum absolute atomic E-state index is 5.86. The molecule has 3 rings (SSSR count). The molecule has 104 valence electrons. The first kappa shape index (κ1) is 13.3. The zero-order valence-electron chi connectivity index (χ0n) is 11.2. The minimum atomic E-state index is 0.273. The summed E-state index contributed by atoms with van der Waals surface area (Å²) < 4.78 is 11.4. The van der Waals surface area contributed by atoms with Crippen molar-refractivity contribution in [1.82, 2.24) is 5.32 Å². The fourth-order valence-corrected chi connectivity index (χ4v) is 2.39. The lowest BCUT2D eigenvalue weighted by Gasteiger charge is -2.09. The average Bonchev–Trinajstić information content (AvgIpc) is 2.89. The van der Waals surface area contributed by atoms with Gasteiger partial charge < -0.3 is 14.8 Å². The van der Waals surface area contributed by atoms with Gasteiger partial charge in [0.2, 0.25) is 0 Å². The van der Waals surface area contributed by atoms with E-state index in [1.807, 2.05) is 43.4 Å². The second-order valence-corrected chi connectivity index (χ2v) is 5.20. The van der Waals surface area contributed by atoms with Crippen LogP contribution in [0.5, 0.6) is 11.5 Å². The van der Waals surface area contributed by atoms with Crippen LogP contribution in [0.1, 0.15) is 17.2 Å². The molecule has 0 radical (unpaired) electrons. The van der Waals surface area contributed by atoms with Gasteiger partial charge in [0, 0.05) is 16.7 Å². The van der Waals surface area contributed by atoms with Gasteiger partial charge >= 0.3 is 0 Å². The Hall–Kier alpha value is -1.71. The van der Waals surface area contributed by atoms with Crippen molar-refractivity contribution >= 4 is 11.6 Å². The Bertz CT molecular complexity index is 598. The monoisotopic (exact) mass is 289 g/mol. The largest absolute Gasteiger partial charge is 0.491 e. The van der Waals surface area contributed by atoms with Crippen molar-refractivity contribution in [2.75, 3.05) is 13.7 Å². The van der Waals surface area contributed by atoms with Crippen LogP contribution >= 0.6 is 11.6 Å². The number of benzene rings is 2. The van der Waals surface area contributed by atoms with E-state index in [2.05, 4.69) is 11.4 Å². The van der Waals surface area contributed by atoms with E-state index in [4.69, 9.17) is 21.1 Å². The van der Waals surface area contributed by atoms with Crippen LogP contribution in [-0.4, -0.2) is 13.7 Å². The zero-order valence-corrected chi connectivity index (χ0v) is 12.0. The summed E-state index contributed by atoms with van der Waals surface area (Å²) in [6, 6.07) is 13.9. The minimum absolute atomic E-state index is 0.273. The summed E-state index contributed by atoms with van der Waals surface area (Å²) in [4.78, 5) is 0. The van der Waals surface area contributed by atoms with E-state index in [0.717, 1.165) is 22.1 Å². The lowest BCUT2D eigenvalue weighted by molar-refractivity contribution is 0.298. The van der Waals surface area contributed by atoms with E-state index in [9.17, 15) is 0 Å². The van der Waals surface area contributed by atoms with Crippen molar-refractivity contribution < 1.29 is 9.47 Å². The third-order valence-corrected chi connectivity index (χ3v) is 3.69. The molecule has 0 fully saturated rings. The summed E-state index contributed by atoms with van der Waals surface area (Å²) in [6.07, 6.45) is 0. The molecule has 1 aliphatic rings. The van der Waals surface area contributed by atoms with Gasteiger partial charge in [-0.1, -0.05) is 23.7 Å². The van der Waals surface area contributed by atoms with E-state index >= 15 is 0 Å². The van der Waals surface area contributed by atoms with Gasteiger partial charge in [-0.3, -0.25) is 0 Å². The highest BCUT2D eigenvalue weighted by molar-refractivity contribution is 6.30. The molecule has 0 amide bonds. The van der Waals surface area contributed by atoms with Gasteiger partial charge in [0.25, 0.3) is 0 Å². The number of nitrogens with one attached hydrogen (secondary N) is 1. The molecule has 0 bridgehead atoms. The summed E-state index contributed by atoms with van der Waals surface area (Å²) in [5.74, 6) is 1.72. The maximum atomic E-state index is 5.86. The molecule has 0 spiro atoms. The van der Waals surface area contributed by atoms with E-state index in [-0.39, 0.29) is 6.04 Å². The first-order valence-electron chi connectivity index (χ1n) is 6.57. The fourth-order valence-electron chi connectivity index (χ4n) is 2.27. The second-order valence-electron chi connectivity index (χ2n) is 4.77. The van der Waals surface area contributed by atoms with Crippen molar-refractivity contribution in [3.63, 3.8) is 0 Å². The molecule has 1 aliphatic heterocycles. The van der Waals surface area contributed by atoms with E-state index in [0.29, 0.717) is 13.2 Å². The van der Waals surface area contributed by atoms with Gasteiger partial charge in [-0.15, -0.1) is 0 Å². The predicted molar refractivity (Wildman–Crippen MR) is 79.5 cm³/mol. The van der Waals surface area contributed by atoms with Crippen molar-refractivity contribution in [2.45, 2.75) is 12.6 Å².